The van der Waals surface area contributed by atoms with Crippen LogP contribution in [0.5, 0.6) is 0 Å². The number of fused-ring (bicyclic) bond motifs is 3. The Balaban J connectivity index is 1.58. The first-order valence-corrected chi connectivity index (χ1v) is 12.7. The standard InChI is InChI=1S/C25H42N4O/c1-4-6-18-16(5-2)9-10-20-19(18)11-12-25(3)22(23(30)14-27-29-28-15-26)13-21(24(20)25)17-7-8-17/h15-22,24H,4-14H2,1-3H3,(H2,26,27,28). The summed E-state index contributed by atoms with van der Waals surface area (Å²) >= 11 is 0. The summed E-state index contributed by atoms with van der Waals surface area (Å²) in [5.74, 6) is 6.41. The molecule has 5 nitrogen and oxygen atoms in total. The van der Waals surface area contributed by atoms with Crippen molar-refractivity contribution in [3.8, 4) is 0 Å². The van der Waals surface area contributed by atoms with Gasteiger partial charge in [0.2, 0.25) is 0 Å². The largest absolute Gasteiger partial charge is 0.388 e. The van der Waals surface area contributed by atoms with Gasteiger partial charge in [-0.05, 0) is 97.0 Å². The zero-order chi connectivity index (χ0) is 21.3. The topological polar surface area (TPSA) is 80.2 Å². The molecule has 4 fully saturated rings. The summed E-state index contributed by atoms with van der Waals surface area (Å²) in [4.78, 5) is 13.2. The van der Waals surface area contributed by atoms with Gasteiger partial charge in [0.05, 0.1) is 0 Å². The molecular weight excluding hydrogens is 372 g/mol. The van der Waals surface area contributed by atoms with E-state index in [1.807, 2.05) is 0 Å². The average molecular weight is 415 g/mol. The zero-order valence-electron chi connectivity index (χ0n) is 19.3. The Hall–Kier alpha value is -1.26. The van der Waals surface area contributed by atoms with Gasteiger partial charge in [-0.15, -0.1) is 5.10 Å². The fraction of sp³-hybridized carbons (Fsp3) is 0.920. The lowest BCUT2D eigenvalue weighted by Crippen LogP contribution is -2.49. The Kier molecular flexibility index (Phi) is 6.64. The summed E-state index contributed by atoms with van der Waals surface area (Å²) in [5.41, 5.74) is 5.38. The monoisotopic (exact) mass is 414 g/mol. The fourth-order valence-electron chi connectivity index (χ4n) is 8.49. The highest BCUT2D eigenvalue weighted by Crippen LogP contribution is 2.68. The molecule has 2 N–H and O–H groups in total. The van der Waals surface area contributed by atoms with Crippen LogP contribution in [0.2, 0.25) is 0 Å². The van der Waals surface area contributed by atoms with E-state index in [1.165, 1.54) is 57.8 Å². The van der Waals surface area contributed by atoms with E-state index < -0.39 is 0 Å². The van der Waals surface area contributed by atoms with Crippen LogP contribution in [0.1, 0.15) is 85.0 Å². The highest BCUT2D eigenvalue weighted by Gasteiger charge is 2.63. The molecule has 0 aliphatic heterocycles. The first-order valence-electron chi connectivity index (χ1n) is 12.7. The molecule has 8 atom stereocenters. The van der Waals surface area contributed by atoms with Gasteiger partial charge in [0.15, 0.2) is 5.78 Å². The molecular formula is C25H42N4O. The van der Waals surface area contributed by atoms with Crippen molar-refractivity contribution < 1.29 is 4.79 Å². The van der Waals surface area contributed by atoms with Crippen LogP contribution < -0.4 is 5.73 Å². The smallest absolute Gasteiger partial charge is 0.159 e. The van der Waals surface area contributed by atoms with Crippen LogP contribution in [0.25, 0.3) is 0 Å². The Bertz CT molecular complexity index is 672. The molecule has 30 heavy (non-hydrogen) atoms. The third-order valence-electron chi connectivity index (χ3n) is 9.75. The van der Waals surface area contributed by atoms with Gasteiger partial charge in [-0.3, -0.25) is 4.79 Å². The highest BCUT2D eigenvalue weighted by molar-refractivity contribution is 5.84. The molecule has 5 heteroatoms. The first-order chi connectivity index (χ1) is 14.5. The van der Waals surface area contributed by atoms with Gasteiger partial charge in [-0.25, -0.2) is 0 Å². The molecule has 4 aliphatic rings. The summed E-state index contributed by atoms with van der Waals surface area (Å²) in [6, 6.07) is 0. The molecule has 0 saturated heterocycles. The number of ketones is 1. The third-order valence-corrected chi connectivity index (χ3v) is 9.75. The van der Waals surface area contributed by atoms with E-state index >= 15 is 0 Å². The molecule has 8 unspecified atom stereocenters. The zero-order valence-corrected chi connectivity index (χ0v) is 19.3. The van der Waals surface area contributed by atoms with Crippen LogP contribution in [0.4, 0.5) is 0 Å². The maximum Gasteiger partial charge on any atom is 0.159 e. The second kappa shape index (κ2) is 9.08. The van der Waals surface area contributed by atoms with Gasteiger partial charge in [-0.1, -0.05) is 40.0 Å². The number of carbonyl (C=O) groups excluding carboxylic acids is 1. The summed E-state index contributed by atoms with van der Waals surface area (Å²) in [5, 5.41) is 11.2. The van der Waals surface area contributed by atoms with Gasteiger partial charge in [-0.2, -0.15) is 5.11 Å². The first kappa shape index (κ1) is 22.0. The molecule has 0 radical (unpaired) electrons. The van der Waals surface area contributed by atoms with Crippen molar-refractivity contribution in [2.24, 2.45) is 73.9 Å². The third kappa shape index (κ3) is 3.86. The molecule has 0 amide bonds. The minimum absolute atomic E-state index is 0.156. The fourth-order valence-corrected chi connectivity index (χ4v) is 8.49. The molecule has 4 aliphatic carbocycles. The van der Waals surface area contributed by atoms with Crippen molar-refractivity contribution in [1.29, 1.82) is 0 Å². The Labute approximate surface area is 182 Å². The normalized spacial score (nSPS) is 43.8. The molecule has 0 spiro atoms. The number of nitrogens with zero attached hydrogens (tertiary/aromatic N) is 3. The van der Waals surface area contributed by atoms with E-state index in [2.05, 4.69) is 36.2 Å². The molecule has 0 aromatic rings. The van der Waals surface area contributed by atoms with Crippen molar-refractivity contribution >= 4 is 12.1 Å². The van der Waals surface area contributed by atoms with E-state index in [9.17, 15) is 4.79 Å². The lowest BCUT2D eigenvalue weighted by molar-refractivity contribution is -0.129. The molecule has 168 valence electrons. The number of nitrogens with two attached hydrogens (primary N) is 1. The van der Waals surface area contributed by atoms with Crippen LogP contribution in [0.15, 0.2) is 15.4 Å². The predicted molar refractivity (Wildman–Crippen MR) is 121 cm³/mol. The van der Waals surface area contributed by atoms with Gasteiger partial charge >= 0.3 is 0 Å². The average Bonchev–Trinajstić information content (AvgIpc) is 3.53. The Morgan fingerprint density at radius 1 is 1.10 bits per heavy atom. The molecule has 0 heterocycles. The molecule has 0 aromatic carbocycles. The Morgan fingerprint density at radius 2 is 1.90 bits per heavy atom. The van der Waals surface area contributed by atoms with E-state index in [-0.39, 0.29) is 23.7 Å². The highest BCUT2D eigenvalue weighted by atomic mass is 16.1. The van der Waals surface area contributed by atoms with E-state index in [4.69, 9.17) is 5.73 Å². The van der Waals surface area contributed by atoms with Gasteiger partial charge in [0.25, 0.3) is 0 Å². The second-order valence-electron chi connectivity index (χ2n) is 11.0. The van der Waals surface area contributed by atoms with Crippen LogP contribution in [0.3, 0.4) is 0 Å². The van der Waals surface area contributed by atoms with Crippen LogP contribution in [-0.2, 0) is 4.79 Å². The van der Waals surface area contributed by atoms with Crippen LogP contribution >= 0.6 is 0 Å². The molecule has 0 bridgehead atoms. The van der Waals surface area contributed by atoms with Crippen molar-refractivity contribution in [3.05, 3.63) is 0 Å². The Morgan fingerprint density at radius 3 is 2.57 bits per heavy atom. The van der Waals surface area contributed by atoms with Crippen molar-refractivity contribution in [2.75, 3.05) is 6.54 Å². The van der Waals surface area contributed by atoms with Crippen LogP contribution in [-0.4, -0.2) is 18.7 Å². The van der Waals surface area contributed by atoms with Crippen molar-refractivity contribution in [1.82, 2.24) is 0 Å². The lowest BCUT2D eigenvalue weighted by atomic mass is 9.49. The van der Waals surface area contributed by atoms with Gasteiger partial charge < -0.3 is 5.73 Å². The van der Waals surface area contributed by atoms with Gasteiger partial charge in [0, 0.05) is 5.92 Å². The summed E-state index contributed by atoms with van der Waals surface area (Å²) in [6.45, 7) is 7.39. The minimum Gasteiger partial charge on any atom is -0.388 e. The van der Waals surface area contributed by atoms with Crippen molar-refractivity contribution in [2.45, 2.75) is 85.0 Å². The maximum absolute atomic E-state index is 13.2. The van der Waals surface area contributed by atoms with E-state index in [1.54, 1.807) is 0 Å². The minimum atomic E-state index is 0.156. The van der Waals surface area contributed by atoms with Crippen molar-refractivity contribution in [3.63, 3.8) is 0 Å². The van der Waals surface area contributed by atoms with E-state index in [0.29, 0.717) is 0 Å². The summed E-state index contributed by atoms with van der Waals surface area (Å²) in [7, 11) is 0. The lowest BCUT2D eigenvalue weighted by Gasteiger charge is -2.55. The number of hydrogen-bond acceptors (Lipinski definition) is 3. The summed E-state index contributed by atoms with van der Waals surface area (Å²) in [6.07, 6.45) is 14.4. The molecule has 4 rings (SSSR count). The number of Topliss-reactive ketones (excluding diaryl/α,β-unsaturated/α-hetero) is 1. The second-order valence-corrected chi connectivity index (χ2v) is 11.0. The number of hydrogen-bond donors (Lipinski definition) is 1. The maximum atomic E-state index is 13.2. The number of rotatable bonds is 8. The SMILES string of the molecule is CCCC1C(CC)CCC2C1CCC1(C)C(C(=O)CN=NN=CN)CC(C3CC3)C21. The molecule has 4 saturated carbocycles. The predicted octanol–water partition coefficient (Wildman–Crippen LogP) is 5.84. The number of carbonyl (C=O) groups is 1. The quantitative estimate of drug-likeness (QED) is 0.234. The van der Waals surface area contributed by atoms with E-state index in [0.717, 1.165) is 54.2 Å². The van der Waals surface area contributed by atoms with Gasteiger partial charge in [0.1, 0.15) is 12.9 Å². The molecule has 0 aromatic heterocycles. The summed E-state index contributed by atoms with van der Waals surface area (Å²) < 4.78 is 0. The van der Waals surface area contributed by atoms with Crippen LogP contribution in [0, 0.1) is 52.8 Å².